The highest BCUT2D eigenvalue weighted by atomic mass is 16.5. The van der Waals surface area contributed by atoms with Crippen molar-refractivity contribution in [2.75, 3.05) is 20.3 Å². The summed E-state index contributed by atoms with van der Waals surface area (Å²) in [4.78, 5) is 11.0. The molecule has 0 saturated carbocycles. The third-order valence-electron chi connectivity index (χ3n) is 3.15. The van der Waals surface area contributed by atoms with Crippen LogP contribution in [0, 0.1) is 0 Å². The van der Waals surface area contributed by atoms with E-state index in [1.165, 1.54) is 0 Å². The minimum atomic E-state index is 0.489. The lowest BCUT2D eigenvalue weighted by Crippen LogP contribution is -2.04. The Morgan fingerprint density at radius 2 is 1.86 bits per heavy atom. The zero-order chi connectivity index (χ0) is 15.6. The topological polar surface area (TPSA) is 44.8 Å². The van der Waals surface area contributed by atoms with E-state index in [9.17, 15) is 4.79 Å². The number of benzene rings is 2. The quantitative estimate of drug-likeness (QED) is 0.525. The van der Waals surface area contributed by atoms with Gasteiger partial charge in [-0.3, -0.25) is 4.79 Å². The molecule has 0 heterocycles. The van der Waals surface area contributed by atoms with Crippen molar-refractivity contribution in [3.05, 3.63) is 59.7 Å². The summed E-state index contributed by atoms with van der Waals surface area (Å²) in [7, 11) is 1.58. The molecule has 0 aliphatic carbocycles. The molecule has 4 heteroatoms. The average Bonchev–Trinajstić information content (AvgIpc) is 2.58. The molecule has 2 aromatic rings. The van der Waals surface area contributed by atoms with Crippen LogP contribution < -0.4 is 9.47 Å². The summed E-state index contributed by atoms with van der Waals surface area (Å²) in [5.41, 5.74) is 1.67. The molecule has 0 aliphatic rings. The SMILES string of the molecule is COc1ccc(C=O)c(OCCCOCc2ccccc2)c1. The minimum Gasteiger partial charge on any atom is -0.497 e. The van der Waals surface area contributed by atoms with E-state index in [4.69, 9.17) is 14.2 Å². The van der Waals surface area contributed by atoms with Crippen LogP contribution in [0.15, 0.2) is 48.5 Å². The highest BCUT2D eigenvalue weighted by molar-refractivity contribution is 5.79. The van der Waals surface area contributed by atoms with Gasteiger partial charge >= 0.3 is 0 Å². The number of hydrogen-bond donors (Lipinski definition) is 0. The summed E-state index contributed by atoms with van der Waals surface area (Å²) in [6.07, 6.45) is 1.53. The molecule has 0 N–H and O–H groups in total. The van der Waals surface area contributed by atoms with E-state index in [0.717, 1.165) is 18.3 Å². The highest BCUT2D eigenvalue weighted by Crippen LogP contribution is 2.23. The predicted octanol–water partition coefficient (Wildman–Crippen LogP) is 3.49. The Bertz CT molecular complexity index is 581. The zero-order valence-corrected chi connectivity index (χ0v) is 12.7. The smallest absolute Gasteiger partial charge is 0.153 e. The van der Waals surface area contributed by atoms with Crippen LogP contribution in [0.1, 0.15) is 22.3 Å². The van der Waals surface area contributed by atoms with Crippen LogP contribution in [0.4, 0.5) is 0 Å². The zero-order valence-electron chi connectivity index (χ0n) is 12.7. The van der Waals surface area contributed by atoms with E-state index in [2.05, 4.69) is 0 Å². The Morgan fingerprint density at radius 1 is 1.05 bits per heavy atom. The molecule has 116 valence electrons. The van der Waals surface area contributed by atoms with E-state index < -0.39 is 0 Å². The number of aldehydes is 1. The van der Waals surface area contributed by atoms with Crippen molar-refractivity contribution in [3.63, 3.8) is 0 Å². The van der Waals surface area contributed by atoms with Crippen LogP contribution in [0.5, 0.6) is 11.5 Å². The number of carbonyl (C=O) groups is 1. The molecule has 0 fully saturated rings. The maximum atomic E-state index is 11.0. The molecule has 4 nitrogen and oxygen atoms in total. The fourth-order valence-electron chi connectivity index (χ4n) is 1.97. The van der Waals surface area contributed by atoms with Gasteiger partial charge < -0.3 is 14.2 Å². The van der Waals surface area contributed by atoms with E-state index >= 15 is 0 Å². The first-order valence-electron chi connectivity index (χ1n) is 7.21. The molecule has 0 unspecified atom stereocenters. The van der Waals surface area contributed by atoms with Gasteiger partial charge in [-0.1, -0.05) is 30.3 Å². The van der Waals surface area contributed by atoms with E-state index in [0.29, 0.717) is 36.9 Å². The summed E-state index contributed by atoms with van der Waals surface area (Å²) < 4.78 is 16.3. The van der Waals surface area contributed by atoms with Gasteiger partial charge in [-0.2, -0.15) is 0 Å². The lowest BCUT2D eigenvalue weighted by atomic mass is 10.2. The third-order valence-corrected chi connectivity index (χ3v) is 3.15. The second-order valence-corrected chi connectivity index (χ2v) is 4.76. The number of carbonyl (C=O) groups excluding carboxylic acids is 1. The van der Waals surface area contributed by atoms with Crippen LogP contribution in [-0.4, -0.2) is 26.6 Å². The molecule has 2 aromatic carbocycles. The van der Waals surface area contributed by atoms with Crippen molar-refractivity contribution in [1.82, 2.24) is 0 Å². The Labute approximate surface area is 130 Å². The molecule has 0 aliphatic heterocycles. The first-order chi connectivity index (χ1) is 10.8. The first kappa shape index (κ1) is 16.0. The number of ether oxygens (including phenoxy) is 3. The molecule has 0 atom stereocenters. The second kappa shape index (κ2) is 8.85. The summed E-state index contributed by atoms with van der Waals surface area (Å²) in [5, 5.41) is 0. The lowest BCUT2D eigenvalue weighted by molar-refractivity contribution is 0.106. The molecule has 0 spiro atoms. The fraction of sp³-hybridized carbons (Fsp3) is 0.278. The molecule has 0 radical (unpaired) electrons. The van der Waals surface area contributed by atoms with Crippen molar-refractivity contribution in [2.45, 2.75) is 13.0 Å². The number of methoxy groups -OCH3 is 1. The molecule has 22 heavy (non-hydrogen) atoms. The Kier molecular flexibility index (Phi) is 6.45. The van der Waals surface area contributed by atoms with Crippen molar-refractivity contribution in [1.29, 1.82) is 0 Å². The fourth-order valence-corrected chi connectivity index (χ4v) is 1.97. The van der Waals surface area contributed by atoms with Gasteiger partial charge in [0, 0.05) is 12.5 Å². The van der Waals surface area contributed by atoms with Gasteiger partial charge in [0.2, 0.25) is 0 Å². The first-order valence-corrected chi connectivity index (χ1v) is 7.21. The number of rotatable bonds is 9. The Morgan fingerprint density at radius 3 is 2.59 bits per heavy atom. The Hall–Kier alpha value is -2.33. The van der Waals surface area contributed by atoms with Gasteiger partial charge in [0.25, 0.3) is 0 Å². The van der Waals surface area contributed by atoms with Crippen molar-refractivity contribution < 1.29 is 19.0 Å². The minimum absolute atomic E-state index is 0.489. The lowest BCUT2D eigenvalue weighted by Gasteiger charge is -2.10. The van der Waals surface area contributed by atoms with Gasteiger partial charge in [0.05, 0.1) is 32.5 Å². The van der Waals surface area contributed by atoms with Gasteiger partial charge in [-0.15, -0.1) is 0 Å². The third kappa shape index (κ3) is 4.90. The van der Waals surface area contributed by atoms with E-state index in [-0.39, 0.29) is 0 Å². The summed E-state index contributed by atoms with van der Waals surface area (Å²) in [6.45, 7) is 1.69. The monoisotopic (exact) mass is 300 g/mol. The molecule has 0 aromatic heterocycles. The maximum Gasteiger partial charge on any atom is 0.153 e. The molecular formula is C18H20O4. The molecular weight excluding hydrogens is 280 g/mol. The summed E-state index contributed by atoms with van der Waals surface area (Å²) >= 11 is 0. The standard InChI is InChI=1S/C18H20O4/c1-20-17-9-8-16(13-19)18(12-17)22-11-5-10-21-14-15-6-3-2-4-7-15/h2-4,6-9,12-13H,5,10-11,14H2,1H3. The molecule has 0 bridgehead atoms. The highest BCUT2D eigenvalue weighted by Gasteiger charge is 2.05. The maximum absolute atomic E-state index is 11.0. The van der Waals surface area contributed by atoms with Gasteiger partial charge in [-0.05, 0) is 17.7 Å². The van der Waals surface area contributed by atoms with Gasteiger partial charge in [-0.25, -0.2) is 0 Å². The molecule has 0 amide bonds. The number of hydrogen-bond acceptors (Lipinski definition) is 4. The van der Waals surface area contributed by atoms with Crippen molar-refractivity contribution in [3.8, 4) is 11.5 Å². The molecule has 0 saturated heterocycles. The van der Waals surface area contributed by atoms with Crippen LogP contribution in [0.3, 0.4) is 0 Å². The summed E-state index contributed by atoms with van der Waals surface area (Å²) in [6, 6.07) is 15.2. The van der Waals surface area contributed by atoms with E-state index in [1.54, 1.807) is 25.3 Å². The van der Waals surface area contributed by atoms with E-state index in [1.807, 2.05) is 30.3 Å². The average molecular weight is 300 g/mol. The van der Waals surface area contributed by atoms with Crippen molar-refractivity contribution >= 4 is 6.29 Å². The van der Waals surface area contributed by atoms with Crippen LogP contribution >= 0.6 is 0 Å². The van der Waals surface area contributed by atoms with Gasteiger partial charge in [0.1, 0.15) is 11.5 Å². The van der Waals surface area contributed by atoms with Crippen LogP contribution in [-0.2, 0) is 11.3 Å². The predicted molar refractivity (Wildman–Crippen MR) is 84.6 cm³/mol. The van der Waals surface area contributed by atoms with Gasteiger partial charge in [0.15, 0.2) is 6.29 Å². The largest absolute Gasteiger partial charge is 0.497 e. The molecule has 2 rings (SSSR count). The van der Waals surface area contributed by atoms with Crippen LogP contribution in [0.25, 0.3) is 0 Å². The normalized spacial score (nSPS) is 10.2. The van der Waals surface area contributed by atoms with Crippen LogP contribution in [0.2, 0.25) is 0 Å². The Balaban J connectivity index is 1.71. The summed E-state index contributed by atoms with van der Waals surface area (Å²) in [5.74, 6) is 1.21. The second-order valence-electron chi connectivity index (χ2n) is 4.76. The van der Waals surface area contributed by atoms with Crippen molar-refractivity contribution in [2.24, 2.45) is 0 Å².